The zero-order valence-electron chi connectivity index (χ0n) is 15.8. The van der Waals surface area contributed by atoms with E-state index < -0.39 is 0 Å². The maximum atomic E-state index is 12.4. The minimum absolute atomic E-state index is 0.125. The van der Waals surface area contributed by atoms with Gasteiger partial charge in [0.25, 0.3) is 5.91 Å². The van der Waals surface area contributed by atoms with Gasteiger partial charge in [0.2, 0.25) is 5.91 Å². The summed E-state index contributed by atoms with van der Waals surface area (Å²) < 4.78 is 0. The number of carbonyl (C=O) groups is 2. The van der Waals surface area contributed by atoms with Gasteiger partial charge in [-0.25, -0.2) is 5.43 Å². The fourth-order valence-electron chi connectivity index (χ4n) is 3.28. The lowest BCUT2D eigenvalue weighted by atomic mass is 9.90. The van der Waals surface area contributed by atoms with E-state index in [-0.39, 0.29) is 18.2 Å². The van der Waals surface area contributed by atoms with Gasteiger partial charge in [0.1, 0.15) is 0 Å². The summed E-state index contributed by atoms with van der Waals surface area (Å²) in [7, 11) is 0. The first-order chi connectivity index (χ1) is 13.0. The van der Waals surface area contributed by atoms with Gasteiger partial charge in [-0.15, -0.1) is 0 Å². The number of nitrogens with zero attached hydrogens (tertiary/aromatic N) is 1. The van der Waals surface area contributed by atoms with Crippen molar-refractivity contribution in [2.24, 2.45) is 5.10 Å². The molecule has 0 saturated carbocycles. The molecule has 0 unspecified atom stereocenters. The van der Waals surface area contributed by atoms with E-state index in [1.807, 2.05) is 31.2 Å². The summed E-state index contributed by atoms with van der Waals surface area (Å²) in [6.07, 6.45) is 4.58. The number of carbonyl (C=O) groups excluding carboxylic acids is 2. The van der Waals surface area contributed by atoms with Gasteiger partial charge >= 0.3 is 0 Å². The van der Waals surface area contributed by atoms with Gasteiger partial charge in [0.15, 0.2) is 0 Å². The number of hydrazone groups is 1. The molecular weight excluding hydrogens is 338 g/mol. The van der Waals surface area contributed by atoms with Crippen molar-refractivity contribution in [1.29, 1.82) is 0 Å². The average molecular weight is 363 g/mol. The number of amides is 2. The van der Waals surface area contributed by atoms with Crippen LogP contribution in [-0.4, -0.2) is 17.5 Å². The number of hydrogen-bond acceptors (Lipinski definition) is 3. The third-order valence-corrected chi connectivity index (χ3v) is 4.75. The second kappa shape index (κ2) is 8.62. The van der Waals surface area contributed by atoms with E-state index in [0.717, 1.165) is 30.5 Å². The van der Waals surface area contributed by atoms with E-state index in [2.05, 4.69) is 21.9 Å². The molecule has 2 aromatic carbocycles. The maximum Gasteiger partial charge on any atom is 0.271 e. The summed E-state index contributed by atoms with van der Waals surface area (Å²) in [4.78, 5) is 24.4. The highest BCUT2D eigenvalue weighted by atomic mass is 16.2. The van der Waals surface area contributed by atoms with Gasteiger partial charge < -0.3 is 5.32 Å². The number of anilines is 1. The predicted octanol–water partition coefficient (Wildman–Crippen LogP) is 4.01. The molecule has 0 bridgehead atoms. The number of hydrogen-bond donors (Lipinski definition) is 2. The lowest BCUT2D eigenvalue weighted by Gasteiger charge is -2.19. The molecule has 5 nitrogen and oxygen atoms in total. The Kier molecular flexibility index (Phi) is 6.01. The molecule has 2 N–H and O–H groups in total. The van der Waals surface area contributed by atoms with Crippen LogP contribution in [0.5, 0.6) is 0 Å². The SMILES string of the molecule is C/C(CC(=O)Nc1cccc2c1CCCC2)=N/NC(=O)c1ccc(C)cc1. The number of fused-ring (bicyclic) bond motifs is 1. The van der Waals surface area contributed by atoms with Crippen LogP contribution in [0.25, 0.3) is 0 Å². The highest BCUT2D eigenvalue weighted by Gasteiger charge is 2.15. The molecule has 0 saturated heterocycles. The summed E-state index contributed by atoms with van der Waals surface area (Å²) in [5, 5.41) is 7.04. The third-order valence-electron chi connectivity index (χ3n) is 4.75. The Morgan fingerprint density at radius 2 is 1.78 bits per heavy atom. The van der Waals surface area contributed by atoms with Gasteiger partial charge in [0, 0.05) is 17.0 Å². The molecule has 0 fully saturated rings. The summed E-state index contributed by atoms with van der Waals surface area (Å²) in [6.45, 7) is 3.70. The molecule has 2 amide bonds. The zero-order chi connectivity index (χ0) is 19.2. The predicted molar refractivity (Wildman–Crippen MR) is 108 cm³/mol. The molecule has 0 spiro atoms. The molecule has 0 aliphatic heterocycles. The van der Waals surface area contributed by atoms with Gasteiger partial charge in [-0.1, -0.05) is 29.8 Å². The van der Waals surface area contributed by atoms with Crippen molar-refractivity contribution in [3.05, 3.63) is 64.7 Å². The van der Waals surface area contributed by atoms with E-state index in [0.29, 0.717) is 11.3 Å². The third kappa shape index (κ3) is 5.03. The second-order valence-electron chi connectivity index (χ2n) is 7.03. The fraction of sp³-hybridized carbons (Fsp3) is 0.318. The van der Waals surface area contributed by atoms with Crippen LogP contribution in [0, 0.1) is 6.92 Å². The van der Waals surface area contributed by atoms with E-state index in [1.54, 1.807) is 19.1 Å². The topological polar surface area (TPSA) is 70.6 Å². The van der Waals surface area contributed by atoms with Crippen LogP contribution in [0.1, 0.15) is 53.2 Å². The van der Waals surface area contributed by atoms with Crippen LogP contribution in [-0.2, 0) is 17.6 Å². The van der Waals surface area contributed by atoms with Crippen LogP contribution in [0.4, 0.5) is 5.69 Å². The van der Waals surface area contributed by atoms with Crippen molar-refractivity contribution in [3.63, 3.8) is 0 Å². The van der Waals surface area contributed by atoms with Crippen LogP contribution in [0.15, 0.2) is 47.6 Å². The lowest BCUT2D eigenvalue weighted by Crippen LogP contribution is -2.22. The summed E-state index contributed by atoms with van der Waals surface area (Å²) in [6, 6.07) is 13.3. The highest BCUT2D eigenvalue weighted by Crippen LogP contribution is 2.27. The summed E-state index contributed by atoms with van der Waals surface area (Å²) in [5.74, 6) is -0.410. The smallest absolute Gasteiger partial charge is 0.271 e. The molecule has 0 heterocycles. The van der Waals surface area contributed by atoms with Crippen molar-refractivity contribution in [2.75, 3.05) is 5.32 Å². The normalized spacial score (nSPS) is 13.6. The Morgan fingerprint density at radius 3 is 2.56 bits per heavy atom. The molecule has 0 atom stereocenters. The average Bonchev–Trinajstić information content (AvgIpc) is 2.67. The van der Waals surface area contributed by atoms with Crippen molar-refractivity contribution in [1.82, 2.24) is 5.43 Å². The van der Waals surface area contributed by atoms with E-state index >= 15 is 0 Å². The Balaban J connectivity index is 1.57. The van der Waals surface area contributed by atoms with Gasteiger partial charge in [0.05, 0.1) is 6.42 Å². The van der Waals surface area contributed by atoms with Crippen molar-refractivity contribution in [2.45, 2.75) is 46.0 Å². The molecule has 27 heavy (non-hydrogen) atoms. The van der Waals surface area contributed by atoms with Crippen molar-refractivity contribution >= 4 is 23.2 Å². The Bertz CT molecular complexity index is 870. The summed E-state index contributed by atoms with van der Waals surface area (Å²) in [5.41, 5.74) is 8.16. The minimum atomic E-state index is -0.285. The maximum absolute atomic E-state index is 12.4. The van der Waals surface area contributed by atoms with Crippen molar-refractivity contribution < 1.29 is 9.59 Å². The van der Waals surface area contributed by atoms with Gasteiger partial charge in [-0.3, -0.25) is 9.59 Å². The summed E-state index contributed by atoms with van der Waals surface area (Å²) >= 11 is 0. The quantitative estimate of drug-likeness (QED) is 0.622. The van der Waals surface area contributed by atoms with Crippen LogP contribution in [0.2, 0.25) is 0 Å². The van der Waals surface area contributed by atoms with E-state index in [1.165, 1.54) is 17.5 Å². The van der Waals surface area contributed by atoms with Crippen LogP contribution < -0.4 is 10.7 Å². The minimum Gasteiger partial charge on any atom is -0.325 e. The fourth-order valence-corrected chi connectivity index (χ4v) is 3.28. The Labute approximate surface area is 159 Å². The number of benzene rings is 2. The van der Waals surface area contributed by atoms with Gasteiger partial charge in [-0.05, 0) is 68.9 Å². The number of nitrogens with one attached hydrogen (secondary N) is 2. The first-order valence-corrected chi connectivity index (χ1v) is 9.34. The molecule has 0 aromatic heterocycles. The first-order valence-electron chi connectivity index (χ1n) is 9.34. The van der Waals surface area contributed by atoms with E-state index in [4.69, 9.17) is 0 Å². The highest BCUT2D eigenvalue weighted by molar-refractivity contribution is 6.06. The Morgan fingerprint density at radius 1 is 1.04 bits per heavy atom. The molecule has 1 aliphatic rings. The number of aryl methyl sites for hydroxylation is 2. The molecule has 0 radical (unpaired) electrons. The van der Waals surface area contributed by atoms with Crippen molar-refractivity contribution in [3.8, 4) is 0 Å². The van der Waals surface area contributed by atoms with Crippen LogP contribution in [0.3, 0.4) is 0 Å². The standard InChI is InChI=1S/C22H25N3O2/c1-15-10-12-18(13-11-15)22(27)25-24-16(2)14-21(26)23-20-9-5-7-17-6-3-4-8-19(17)20/h5,7,9-13H,3-4,6,8,14H2,1-2H3,(H,23,26)(H,25,27)/b24-16-. The molecule has 2 aromatic rings. The molecule has 140 valence electrons. The molecular formula is C22H25N3O2. The van der Waals surface area contributed by atoms with Gasteiger partial charge in [-0.2, -0.15) is 5.10 Å². The van der Waals surface area contributed by atoms with E-state index in [9.17, 15) is 9.59 Å². The lowest BCUT2D eigenvalue weighted by molar-refractivity contribution is -0.115. The molecule has 1 aliphatic carbocycles. The van der Waals surface area contributed by atoms with Crippen LogP contribution >= 0.6 is 0 Å². The first kappa shape index (κ1) is 18.8. The largest absolute Gasteiger partial charge is 0.325 e. The monoisotopic (exact) mass is 363 g/mol. The zero-order valence-corrected chi connectivity index (χ0v) is 15.8. The Hall–Kier alpha value is -2.95. The molecule has 5 heteroatoms. The second-order valence-corrected chi connectivity index (χ2v) is 7.03. The number of rotatable bonds is 5. The molecule has 3 rings (SSSR count).